The van der Waals surface area contributed by atoms with Gasteiger partial charge in [0.25, 0.3) is 0 Å². The third kappa shape index (κ3) is 4.88. The molecule has 0 amide bonds. The van der Waals surface area contributed by atoms with Crippen molar-refractivity contribution < 1.29 is 0 Å². The van der Waals surface area contributed by atoms with E-state index in [0.717, 1.165) is 61.2 Å². The maximum Gasteiger partial charge on any atom is 0.129 e. The van der Waals surface area contributed by atoms with Gasteiger partial charge in [-0.15, -0.1) is 13.2 Å². The number of likely N-dealkylation sites (N-methyl/N-ethyl adjacent to an activating group) is 2. The van der Waals surface area contributed by atoms with Gasteiger partial charge < -0.3 is 15.1 Å². The molecule has 0 aromatic carbocycles. The average molecular weight is 366 g/mol. The Kier molecular flexibility index (Phi) is 7.86. The fourth-order valence-corrected chi connectivity index (χ4v) is 3.10. The van der Waals surface area contributed by atoms with Gasteiger partial charge >= 0.3 is 0 Å². The molecule has 2 heterocycles. The second-order valence-corrected chi connectivity index (χ2v) is 6.14. The Morgan fingerprint density at radius 1 is 1.04 bits per heavy atom. The Bertz CT molecular complexity index is 756. The second kappa shape index (κ2) is 10.4. The average Bonchev–Trinajstić information content (AvgIpc) is 2.70. The van der Waals surface area contributed by atoms with Crippen LogP contribution in [0.5, 0.6) is 0 Å². The number of rotatable bonds is 11. The summed E-state index contributed by atoms with van der Waals surface area (Å²) in [5.41, 5.74) is 4.10. The number of nitrogens with zero attached hydrogens (tertiary/aromatic N) is 4. The minimum absolute atomic E-state index is 0.759. The minimum Gasteiger partial charge on any atom is -0.384 e. The zero-order chi connectivity index (χ0) is 19.6. The van der Waals surface area contributed by atoms with Crippen molar-refractivity contribution in [2.75, 3.05) is 47.8 Å². The highest BCUT2D eigenvalue weighted by Crippen LogP contribution is 2.35. The molecule has 0 fully saturated rings. The van der Waals surface area contributed by atoms with E-state index >= 15 is 0 Å². The summed E-state index contributed by atoms with van der Waals surface area (Å²) in [5, 5.41) is 3.43. The first-order valence-corrected chi connectivity index (χ1v) is 9.60. The highest BCUT2D eigenvalue weighted by atomic mass is 15.2. The lowest BCUT2D eigenvalue weighted by atomic mass is 10.1. The summed E-state index contributed by atoms with van der Waals surface area (Å²) in [6.07, 6.45) is 7.61. The molecule has 0 radical (unpaired) electrons. The maximum atomic E-state index is 4.74. The van der Waals surface area contributed by atoms with E-state index < -0.39 is 0 Å². The van der Waals surface area contributed by atoms with E-state index in [9.17, 15) is 0 Å². The number of hydrogen-bond donors (Lipinski definition) is 1. The van der Waals surface area contributed by atoms with Gasteiger partial charge in [-0.3, -0.25) is 4.98 Å². The first kappa shape index (κ1) is 20.5. The minimum atomic E-state index is 0.759. The van der Waals surface area contributed by atoms with Crippen LogP contribution in [0.4, 0.5) is 17.2 Å². The molecule has 2 rings (SSSR count). The summed E-state index contributed by atoms with van der Waals surface area (Å²) < 4.78 is 0. The standard InChI is InChI=1S/C22H31N5/c1-6-14-26(9-4)20-17-25-21(27(10-5)15-7-2)16-18(20)22-19(23-8-3)12-11-13-24-22/h6-7,11-13,16-17,23H,1-2,8-10,14-15H2,3-5H3. The number of aromatic nitrogens is 2. The van der Waals surface area contributed by atoms with Crippen molar-refractivity contribution in [1.29, 1.82) is 0 Å². The molecule has 0 atom stereocenters. The molecule has 0 aliphatic heterocycles. The molecule has 144 valence electrons. The van der Waals surface area contributed by atoms with Crippen molar-refractivity contribution in [3.05, 3.63) is 55.9 Å². The van der Waals surface area contributed by atoms with Crippen LogP contribution in [0, 0.1) is 0 Å². The monoisotopic (exact) mass is 365 g/mol. The molecule has 2 aromatic rings. The predicted octanol–water partition coefficient (Wildman–Crippen LogP) is 4.60. The van der Waals surface area contributed by atoms with E-state index in [1.54, 1.807) is 0 Å². The molecule has 5 heteroatoms. The lowest BCUT2D eigenvalue weighted by Gasteiger charge is -2.27. The summed E-state index contributed by atoms with van der Waals surface area (Å²) in [5.74, 6) is 0.930. The number of nitrogens with one attached hydrogen (secondary N) is 1. The highest BCUT2D eigenvalue weighted by Gasteiger charge is 2.18. The van der Waals surface area contributed by atoms with Crippen LogP contribution in [-0.4, -0.2) is 42.7 Å². The summed E-state index contributed by atoms with van der Waals surface area (Å²) in [7, 11) is 0. The van der Waals surface area contributed by atoms with Gasteiger partial charge in [0.15, 0.2) is 0 Å². The van der Waals surface area contributed by atoms with Crippen LogP contribution in [0.25, 0.3) is 11.3 Å². The van der Waals surface area contributed by atoms with Crippen molar-refractivity contribution in [2.45, 2.75) is 20.8 Å². The van der Waals surface area contributed by atoms with Gasteiger partial charge in [-0.1, -0.05) is 12.2 Å². The Hall–Kier alpha value is -2.82. The lowest BCUT2D eigenvalue weighted by Crippen LogP contribution is -2.26. The largest absolute Gasteiger partial charge is 0.384 e. The van der Waals surface area contributed by atoms with E-state index in [-0.39, 0.29) is 0 Å². The molecule has 0 saturated heterocycles. The quantitative estimate of drug-likeness (QED) is 0.590. The zero-order valence-electron chi connectivity index (χ0n) is 16.8. The second-order valence-electron chi connectivity index (χ2n) is 6.14. The summed E-state index contributed by atoms with van der Waals surface area (Å²) >= 11 is 0. The van der Waals surface area contributed by atoms with Crippen molar-refractivity contribution in [1.82, 2.24) is 9.97 Å². The van der Waals surface area contributed by atoms with Crippen LogP contribution in [0.3, 0.4) is 0 Å². The summed E-state index contributed by atoms with van der Waals surface area (Å²) in [4.78, 5) is 13.9. The van der Waals surface area contributed by atoms with E-state index in [0.29, 0.717) is 0 Å². The Morgan fingerprint density at radius 3 is 2.37 bits per heavy atom. The number of anilines is 3. The first-order valence-electron chi connectivity index (χ1n) is 9.60. The van der Waals surface area contributed by atoms with E-state index in [1.807, 2.05) is 30.6 Å². The molecule has 0 aliphatic rings. The molecule has 0 bridgehead atoms. The van der Waals surface area contributed by atoms with Crippen molar-refractivity contribution >= 4 is 17.2 Å². The fourth-order valence-electron chi connectivity index (χ4n) is 3.10. The van der Waals surface area contributed by atoms with Crippen LogP contribution in [-0.2, 0) is 0 Å². The van der Waals surface area contributed by atoms with Crippen LogP contribution < -0.4 is 15.1 Å². The van der Waals surface area contributed by atoms with Gasteiger partial charge in [0.05, 0.1) is 23.3 Å². The van der Waals surface area contributed by atoms with Crippen molar-refractivity contribution in [3.8, 4) is 11.3 Å². The van der Waals surface area contributed by atoms with Crippen molar-refractivity contribution in [2.24, 2.45) is 0 Å². The van der Waals surface area contributed by atoms with Gasteiger partial charge in [-0.25, -0.2) is 4.98 Å². The molecule has 27 heavy (non-hydrogen) atoms. The molecule has 1 N–H and O–H groups in total. The third-order valence-corrected chi connectivity index (χ3v) is 4.43. The Balaban J connectivity index is 2.65. The third-order valence-electron chi connectivity index (χ3n) is 4.43. The zero-order valence-corrected chi connectivity index (χ0v) is 16.8. The molecule has 5 nitrogen and oxygen atoms in total. The fraction of sp³-hybridized carbons (Fsp3) is 0.364. The SMILES string of the molecule is C=CCN(CC)c1cc(-c2ncccc2NCC)c(N(CC)CC=C)cn1. The molecule has 0 saturated carbocycles. The van der Waals surface area contributed by atoms with Gasteiger partial charge in [-0.2, -0.15) is 0 Å². The molecule has 0 aliphatic carbocycles. The highest BCUT2D eigenvalue weighted by molar-refractivity contribution is 5.85. The lowest BCUT2D eigenvalue weighted by molar-refractivity contribution is 0.872. The molecular formula is C22H31N5. The van der Waals surface area contributed by atoms with E-state index in [1.165, 1.54) is 0 Å². The number of hydrogen-bond acceptors (Lipinski definition) is 5. The topological polar surface area (TPSA) is 44.3 Å². The predicted molar refractivity (Wildman–Crippen MR) is 118 cm³/mol. The molecule has 2 aromatic heterocycles. The van der Waals surface area contributed by atoms with Crippen LogP contribution in [0.1, 0.15) is 20.8 Å². The van der Waals surface area contributed by atoms with Crippen LogP contribution >= 0.6 is 0 Å². The van der Waals surface area contributed by atoms with Gasteiger partial charge in [0.2, 0.25) is 0 Å². The van der Waals surface area contributed by atoms with Crippen LogP contribution in [0.15, 0.2) is 55.9 Å². The van der Waals surface area contributed by atoms with Crippen LogP contribution in [0.2, 0.25) is 0 Å². The van der Waals surface area contributed by atoms with E-state index in [4.69, 9.17) is 9.97 Å². The summed E-state index contributed by atoms with van der Waals surface area (Å²) in [6.45, 7) is 18.2. The van der Waals surface area contributed by atoms with Gasteiger partial charge in [0, 0.05) is 44.5 Å². The van der Waals surface area contributed by atoms with Gasteiger partial charge in [-0.05, 0) is 39.0 Å². The smallest absolute Gasteiger partial charge is 0.129 e. The molecule has 0 unspecified atom stereocenters. The van der Waals surface area contributed by atoms with Gasteiger partial charge in [0.1, 0.15) is 5.82 Å². The Labute approximate surface area is 163 Å². The molecule has 0 spiro atoms. The molecular weight excluding hydrogens is 334 g/mol. The maximum absolute atomic E-state index is 4.74. The number of pyridine rings is 2. The summed E-state index contributed by atoms with van der Waals surface area (Å²) in [6, 6.07) is 6.17. The normalized spacial score (nSPS) is 10.3. The first-order chi connectivity index (χ1) is 13.2. The van der Waals surface area contributed by atoms with Crippen molar-refractivity contribution in [3.63, 3.8) is 0 Å². The Morgan fingerprint density at radius 2 is 1.74 bits per heavy atom. The van der Waals surface area contributed by atoms with E-state index in [2.05, 4.69) is 61.2 Å².